The summed E-state index contributed by atoms with van der Waals surface area (Å²) in [7, 11) is 2.89. The highest BCUT2D eigenvalue weighted by Gasteiger charge is 2.22. The van der Waals surface area contributed by atoms with Crippen molar-refractivity contribution in [2.24, 2.45) is 0 Å². The molecular formula is C6H12BNO2. The first-order chi connectivity index (χ1) is 4.76. The second-order valence-electron chi connectivity index (χ2n) is 2.18. The molecule has 0 aliphatic carbocycles. The molecular weight excluding hydrogens is 129 g/mol. The maximum absolute atomic E-state index is 8.32. The van der Waals surface area contributed by atoms with Gasteiger partial charge in [-0.15, -0.1) is 0 Å². The van der Waals surface area contributed by atoms with E-state index < -0.39 is 0 Å². The van der Waals surface area contributed by atoms with Crippen LogP contribution >= 0.6 is 0 Å². The first-order valence-electron chi connectivity index (χ1n) is 3.18. The van der Waals surface area contributed by atoms with E-state index in [1.807, 2.05) is 6.92 Å². The Morgan fingerprint density at radius 1 is 1.50 bits per heavy atom. The largest absolute Gasteiger partial charge is 0.460 e. The van der Waals surface area contributed by atoms with Gasteiger partial charge in [0, 0.05) is 26.5 Å². The Balaban J connectivity index is 3.66. The second kappa shape index (κ2) is 5.27. The fourth-order valence-electron chi connectivity index (χ4n) is 0.801. The van der Waals surface area contributed by atoms with Crippen molar-refractivity contribution in [2.75, 3.05) is 14.2 Å². The van der Waals surface area contributed by atoms with Crippen molar-refractivity contribution in [1.29, 1.82) is 5.26 Å². The standard InChI is InChI=1S/C6H12BNO2/c1-6(4-5-8)7(9-2)10-3/h6H,4H2,1-3H3. The maximum atomic E-state index is 8.32. The Morgan fingerprint density at radius 2 is 2.00 bits per heavy atom. The zero-order valence-electron chi connectivity index (χ0n) is 6.63. The van der Waals surface area contributed by atoms with Crippen molar-refractivity contribution in [3.05, 3.63) is 0 Å². The summed E-state index contributed by atoms with van der Waals surface area (Å²) < 4.78 is 9.88. The molecule has 0 heterocycles. The van der Waals surface area contributed by atoms with Crippen LogP contribution in [0.3, 0.4) is 0 Å². The molecule has 0 aliphatic rings. The van der Waals surface area contributed by atoms with Gasteiger partial charge in [0.1, 0.15) is 0 Å². The molecule has 0 aromatic heterocycles. The van der Waals surface area contributed by atoms with Gasteiger partial charge in [0.05, 0.1) is 6.07 Å². The van der Waals surface area contributed by atoms with Crippen molar-refractivity contribution in [3.63, 3.8) is 0 Å². The van der Waals surface area contributed by atoms with Gasteiger partial charge in [-0.25, -0.2) is 0 Å². The fourth-order valence-corrected chi connectivity index (χ4v) is 0.801. The van der Waals surface area contributed by atoms with Crippen LogP contribution in [-0.2, 0) is 9.31 Å². The molecule has 0 rings (SSSR count). The molecule has 4 heteroatoms. The fraction of sp³-hybridized carbons (Fsp3) is 0.833. The van der Waals surface area contributed by atoms with Gasteiger partial charge < -0.3 is 9.31 Å². The van der Waals surface area contributed by atoms with Gasteiger partial charge in [0.25, 0.3) is 0 Å². The van der Waals surface area contributed by atoms with Crippen molar-refractivity contribution in [1.82, 2.24) is 0 Å². The van der Waals surface area contributed by atoms with E-state index in [9.17, 15) is 0 Å². The van der Waals surface area contributed by atoms with Crippen LogP contribution in [0.5, 0.6) is 0 Å². The Bertz CT molecular complexity index is 119. The topological polar surface area (TPSA) is 42.2 Å². The van der Waals surface area contributed by atoms with Gasteiger partial charge in [-0.3, -0.25) is 0 Å². The number of nitrogens with zero attached hydrogens (tertiary/aromatic N) is 1. The summed E-state index contributed by atoms with van der Waals surface area (Å²) in [6.45, 7) is 1.92. The summed E-state index contributed by atoms with van der Waals surface area (Å²) >= 11 is 0. The van der Waals surface area contributed by atoms with Crippen LogP contribution in [0, 0.1) is 11.3 Å². The molecule has 0 aliphatic heterocycles. The molecule has 1 unspecified atom stereocenters. The predicted octanol–water partition coefficient (Wildman–Crippen LogP) is 1.07. The highest BCUT2D eigenvalue weighted by atomic mass is 16.6. The summed E-state index contributed by atoms with van der Waals surface area (Å²) in [5.41, 5.74) is 0. The van der Waals surface area contributed by atoms with Gasteiger partial charge in [0.2, 0.25) is 0 Å². The molecule has 0 aromatic carbocycles. The smallest absolute Gasteiger partial charge is 0.414 e. The maximum Gasteiger partial charge on any atom is 0.460 e. The molecule has 0 saturated carbocycles. The van der Waals surface area contributed by atoms with Crippen LogP contribution in [0.4, 0.5) is 0 Å². The van der Waals surface area contributed by atoms with Crippen molar-refractivity contribution in [3.8, 4) is 6.07 Å². The molecule has 1 atom stereocenters. The van der Waals surface area contributed by atoms with Crippen molar-refractivity contribution >= 4 is 7.12 Å². The number of rotatable bonds is 4. The second-order valence-corrected chi connectivity index (χ2v) is 2.18. The summed E-state index contributed by atoms with van der Waals surface area (Å²) in [5.74, 6) is 0.139. The zero-order valence-corrected chi connectivity index (χ0v) is 6.63. The summed E-state index contributed by atoms with van der Waals surface area (Å²) in [6.07, 6.45) is 0.465. The molecule has 56 valence electrons. The van der Waals surface area contributed by atoms with E-state index in [0.717, 1.165) is 0 Å². The minimum absolute atomic E-state index is 0.139. The molecule has 10 heavy (non-hydrogen) atoms. The van der Waals surface area contributed by atoms with Gasteiger partial charge in [-0.05, 0) is 0 Å². The number of hydrogen-bond donors (Lipinski definition) is 0. The van der Waals surface area contributed by atoms with E-state index >= 15 is 0 Å². The van der Waals surface area contributed by atoms with E-state index in [1.54, 1.807) is 14.2 Å². The highest BCUT2D eigenvalue weighted by molar-refractivity contribution is 6.46. The van der Waals surface area contributed by atoms with Gasteiger partial charge in [0.15, 0.2) is 0 Å². The average molecular weight is 141 g/mol. The third-order valence-corrected chi connectivity index (χ3v) is 1.34. The van der Waals surface area contributed by atoms with Crippen molar-refractivity contribution < 1.29 is 9.31 Å². The highest BCUT2D eigenvalue weighted by Crippen LogP contribution is 2.13. The lowest BCUT2D eigenvalue weighted by molar-refractivity contribution is 0.267. The molecule has 0 N–H and O–H groups in total. The normalized spacial score (nSPS) is 12.2. The molecule has 0 bridgehead atoms. The lowest BCUT2D eigenvalue weighted by Crippen LogP contribution is -2.24. The van der Waals surface area contributed by atoms with Crippen LogP contribution in [0.1, 0.15) is 13.3 Å². The van der Waals surface area contributed by atoms with Gasteiger partial charge >= 0.3 is 7.12 Å². The molecule has 0 spiro atoms. The summed E-state index contributed by atoms with van der Waals surface area (Å²) in [6, 6.07) is 2.06. The van der Waals surface area contributed by atoms with Crippen LogP contribution in [0.25, 0.3) is 0 Å². The van der Waals surface area contributed by atoms with Crippen LogP contribution in [-0.4, -0.2) is 21.3 Å². The van der Waals surface area contributed by atoms with Crippen LogP contribution < -0.4 is 0 Å². The molecule has 0 aromatic rings. The first-order valence-corrected chi connectivity index (χ1v) is 3.18. The Hall–Kier alpha value is -0.525. The third kappa shape index (κ3) is 2.86. The summed E-state index contributed by atoms with van der Waals surface area (Å²) in [5, 5.41) is 8.32. The number of nitriles is 1. The van der Waals surface area contributed by atoms with E-state index in [1.165, 1.54) is 0 Å². The molecule has 3 nitrogen and oxygen atoms in total. The van der Waals surface area contributed by atoms with E-state index in [2.05, 4.69) is 6.07 Å². The predicted molar refractivity (Wildman–Crippen MR) is 39.4 cm³/mol. The molecule has 0 fully saturated rings. The Labute approximate surface area is 62.1 Å². The Kier molecular flexibility index (Phi) is 5.00. The van der Waals surface area contributed by atoms with Crippen molar-refractivity contribution in [2.45, 2.75) is 19.2 Å². The number of hydrogen-bond acceptors (Lipinski definition) is 3. The Morgan fingerprint density at radius 3 is 2.30 bits per heavy atom. The third-order valence-electron chi connectivity index (χ3n) is 1.34. The monoisotopic (exact) mass is 141 g/mol. The summed E-state index contributed by atoms with van der Waals surface area (Å²) in [4.78, 5) is 0. The lowest BCUT2D eigenvalue weighted by Gasteiger charge is -2.12. The molecule has 0 saturated heterocycles. The van der Waals surface area contributed by atoms with Gasteiger partial charge in [-0.2, -0.15) is 5.26 Å². The average Bonchev–Trinajstić information content (AvgIpc) is 1.91. The first kappa shape index (κ1) is 9.47. The lowest BCUT2D eigenvalue weighted by atomic mass is 9.71. The van der Waals surface area contributed by atoms with Crippen LogP contribution in [0.2, 0.25) is 5.82 Å². The zero-order chi connectivity index (χ0) is 7.98. The van der Waals surface area contributed by atoms with E-state index in [0.29, 0.717) is 6.42 Å². The molecule has 0 radical (unpaired) electrons. The van der Waals surface area contributed by atoms with E-state index in [-0.39, 0.29) is 12.9 Å². The minimum Gasteiger partial charge on any atom is -0.414 e. The van der Waals surface area contributed by atoms with E-state index in [4.69, 9.17) is 14.6 Å². The van der Waals surface area contributed by atoms with Crippen LogP contribution in [0.15, 0.2) is 0 Å². The molecule has 0 amide bonds. The quantitative estimate of drug-likeness (QED) is 0.550. The SMILES string of the molecule is COB(OC)C(C)CC#N. The minimum atomic E-state index is -0.250. The van der Waals surface area contributed by atoms with Gasteiger partial charge in [-0.1, -0.05) is 6.92 Å².